The van der Waals surface area contributed by atoms with Crippen LogP contribution in [0.5, 0.6) is 5.75 Å². The van der Waals surface area contributed by atoms with Crippen LogP contribution in [0.2, 0.25) is 0 Å². The van der Waals surface area contributed by atoms with Gasteiger partial charge in [0.15, 0.2) is 0 Å². The molecule has 1 aliphatic heterocycles. The van der Waals surface area contributed by atoms with Crippen molar-refractivity contribution in [1.29, 1.82) is 0 Å². The van der Waals surface area contributed by atoms with E-state index < -0.39 is 0 Å². The second-order valence-electron chi connectivity index (χ2n) is 4.62. The van der Waals surface area contributed by atoms with Crippen LogP contribution in [-0.2, 0) is 11.2 Å². The number of rotatable bonds is 2. The number of benzene rings is 1. The van der Waals surface area contributed by atoms with E-state index in [4.69, 9.17) is 9.47 Å². The molecule has 0 radical (unpaired) electrons. The SMILES string of the molecule is Cc1c(C(=O)OC(C)C)ccc2c1CCCO2. The first-order valence-corrected chi connectivity index (χ1v) is 6.06. The van der Waals surface area contributed by atoms with E-state index in [1.54, 1.807) is 6.07 Å². The Labute approximate surface area is 102 Å². The molecule has 3 heteroatoms. The minimum absolute atomic E-state index is 0.0887. The normalized spacial score (nSPS) is 14.1. The molecule has 0 spiro atoms. The van der Waals surface area contributed by atoms with Crippen LogP contribution >= 0.6 is 0 Å². The van der Waals surface area contributed by atoms with Crippen molar-refractivity contribution in [2.45, 2.75) is 39.7 Å². The van der Waals surface area contributed by atoms with Gasteiger partial charge in [0.25, 0.3) is 0 Å². The molecule has 0 saturated heterocycles. The number of carbonyl (C=O) groups excluding carboxylic acids is 1. The molecule has 0 fully saturated rings. The molecule has 0 unspecified atom stereocenters. The molecule has 1 aromatic rings. The maximum atomic E-state index is 11.9. The molecule has 0 aliphatic carbocycles. The minimum Gasteiger partial charge on any atom is -0.493 e. The number of hydrogen-bond donors (Lipinski definition) is 0. The van der Waals surface area contributed by atoms with Gasteiger partial charge < -0.3 is 9.47 Å². The van der Waals surface area contributed by atoms with E-state index in [0.29, 0.717) is 5.56 Å². The van der Waals surface area contributed by atoms with Crippen LogP contribution in [0.15, 0.2) is 12.1 Å². The summed E-state index contributed by atoms with van der Waals surface area (Å²) in [6.07, 6.45) is 1.90. The van der Waals surface area contributed by atoms with Crippen LogP contribution in [0, 0.1) is 6.92 Å². The highest BCUT2D eigenvalue weighted by Gasteiger charge is 2.19. The summed E-state index contributed by atoms with van der Waals surface area (Å²) in [5.41, 5.74) is 2.80. The summed E-state index contributed by atoms with van der Waals surface area (Å²) in [6.45, 7) is 6.44. The van der Waals surface area contributed by atoms with Crippen molar-refractivity contribution < 1.29 is 14.3 Å². The van der Waals surface area contributed by atoms with Crippen molar-refractivity contribution in [3.05, 3.63) is 28.8 Å². The van der Waals surface area contributed by atoms with Crippen molar-refractivity contribution in [1.82, 2.24) is 0 Å². The molecule has 3 nitrogen and oxygen atoms in total. The maximum absolute atomic E-state index is 11.9. The topological polar surface area (TPSA) is 35.5 Å². The average Bonchev–Trinajstić information content (AvgIpc) is 2.28. The number of fused-ring (bicyclic) bond motifs is 1. The number of carbonyl (C=O) groups is 1. The summed E-state index contributed by atoms with van der Waals surface area (Å²) in [7, 11) is 0. The highest BCUT2D eigenvalue weighted by molar-refractivity contribution is 5.92. The Balaban J connectivity index is 2.33. The van der Waals surface area contributed by atoms with Crippen LogP contribution in [0.3, 0.4) is 0 Å². The van der Waals surface area contributed by atoms with Gasteiger partial charge in [-0.1, -0.05) is 0 Å². The Morgan fingerprint density at radius 1 is 1.41 bits per heavy atom. The molecule has 1 aromatic carbocycles. The van der Waals surface area contributed by atoms with Gasteiger partial charge in [0, 0.05) is 0 Å². The average molecular weight is 234 g/mol. The van der Waals surface area contributed by atoms with Crippen molar-refractivity contribution in [3.8, 4) is 5.75 Å². The van der Waals surface area contributed by atoms with Gasteiger partial charge in [-0.2, -0.15) is 0 Å². The van der Waals surface area contributed by atoms with E-state index >= 15 is 0 Å². The largest absolute Gasteiger partial charge is 0.493 e. The Morgan fingerprint density at radius 3 is 2.88 bits per heavy atom. The van der Waals surface area contributed by atoms with Gasteiger partial charge in [-0.15, -0.1) is 0 Å². The molecule has 92 valence electrons. The third-order valence-corrected chi connectivity index (χ3v) is 2.95. The summed E-state index contributed by atoms with van der Waals surface area (Å²) < 4.78 is 10.8. The molecule has 0 atom stereocenters. The first kappa shape index (κ1) is 12.0. The first-order valence-electron chi connectivity index (χ1n) is 6.06. The Morgan fingerprint density at radius 2 is 2.18 bits per heavy atom. The lowest BCUT2D eigenvalue weighted by Crippen LogP contribution is -2.16. The summed E-state index contributed by atoms with van der Waals surface area (Å²) in [5, 5.41) is 0. The fraction of sp³-hybridized carbons (Fsp3) is 0.500. The summed E-state index contributed by atoms with van der Waals surface area (Å²) in [5.74, 6) is 0.667. The van der Waals surface area contributed by atoms with Crippen LogP contribution in [-0.4, -0.2) is 18.7 Å². The number of ether oxygens (including phenoxy) is 2. The molecular weight excluding hydrogens is 216 g/mol. The maximum Gasteiger partial charge on any atom is 0.338 e. The molecule has 0 aromatic heterocycles. The third-order valence-electron chi connectivity index (χ3n) is 2.95. The Bertz CT molecular complexity index is 435. The van der Waals surface area contributed by atoms with E-state index in [2.05, 4.69) is 0 Å². The van der Waals surface area contributed by atoms with Crippen molar-refractivity contribution in [2.24, 2.45) is 0 Å². The zero-order valence-electron chi connectivity index (χ0n) is 10.6. The van der Waals surface area contributed by atoms with Gasteiger partial charge in [0.05, 0.1) is 18.3 Å². The Hall–Kier alpha value is -1.51. The first-order chi connectivity index (χ1) is 8.09. The highest BCUT2D eigenvalue weighted by atomic mass is 16.5. The molecule has 2 rings (SSSR count). The fourth-order valence-corrected chi connectivity index (χ4v) is 2.11. The van der Waals surface area contributed by atoms with Crippen LogP contribution in [0.25, 0.3) is 0 Å². The number of hydrogen-bond acceptors (Lipinski definition) is 3. The van der Waals surface area contributed by atoms with Crippen molar-refractivity contribution >= 4 is 5.97 Å². The van der Waals surface area contributed by atoms with Gasteiger partial charge in [-0.05, 0) is 56.9 Å². The summed E-state index contributed by atoms with van der Waals surface area (Å²) in [4.78, 5) is 11.9. The standard InChI is InChI=1S/C14H18O3/c1-9(2)17-14(15)12-6-7-13-11(10(12)3)5-4-8-16-13/h6-7,9H,4-5,8H2,1-3H3. The van der Waals surface area contributed by atoms with Crippen molar-refractivity contribution in [3.63, 3.8) is 0 Å². The monoisotopic (exact) mass is 234 g/mol. The van der Waals surface area contributed by atoms with E-state index in [1.807, 2.05) is 26.8 Å². The predicted octanol–water partition coefficient (Wildman–Crippen LogP) is 2.89. The quantitative estimate of drug-likeness (QED) is 0.738. The zero-order chi connectivity index (χ0) is 12.4. The molecule has 0 amide bonds. The van der Waals surface area contributed by atoms with Crippen LogP contribution in [0.4, 0.5) is 0 Å². The second kappa shape index (κ2) is 4.78. The highest BCUT2D eigenvalue weighted by Crippen LogP contribution is 2.30. The van der Waals surface area contributed by atoms with E-state index in [9.17, 15) is 4.79 Å². The predicted molar refractivity (Wildman–Crippen MR) is 65.5 cm³/mol. The smallest absolute Gasteiger partial charge is 0.338 e. The molecule has 0 saturated carbocycles. The lowest BCUT2D eigenvalue weighted by Gasteiger charge is -2.20. The minimum atomic E-state index is -0.245. The van der Waals surface area contributed by atoms with Crippen LogP contribution in [0.1, 0.15) is 41.8 Å². The van der Waals surface area contributed by atoms with E-state index in [1.165, 1.54) is 0 Å². The van der Waals surface area contributed by atoms with Gasteiger partial charge in [-0.3, -0.25) is 0 Å². The van der Waals surface area contributed by atoms with Gasteiger partial charge >= 0.3 is 5.97 Å². The fourth-order valence-electron chi connectivity index (χ4n) is 2.11. The van der Waals surface area contributed by atoms with Gasteiger partial charge in [0.1, 0.15) is 5.75 Å². The van der Waals surface area contributed by atoms with Crippen LogP contribution < -0.4 is 4.74 Å². The van der Waals surface area contributed by atoms with Gasteiger partial charge in [0.2, 0.25) is 0 Å². The summed E-state index contributed by atoms with van der Waals surface area (Å²) in [6, 6.07) is 3.67. The molecule has 1 aliphatic rings. The molecule has 0 bridgehead atoms. The second-order valence-corrected chi connectivity index (χ2v) is 4.62. The lowest BCUT2D eigenvalue weighted by atomic mass is 9.96. The lowest BCUT2D eigenvalue weighted by molar-refractivity contribution is 0.0377. The van der Waals surface area contributed by atoms with Gasteiger partial charge in [-0.25, -0.2) is 4.79 Å². The Kier molecular flexibility index (Phi) is 3.36. The third kappa shape index (κ3) is 2.43. The molecular formula is C14H18O3. The van der Waals surface area contributed by atoms with E-state index in [0.717, 1.165) is 36.3 Å². The zero-order valence-corrected chi connectivity index (χ0v) is 10.6. The molecule has 0 N–H and O–H groups in total. The molecule has 17 heavy (non-hydrogen) atoms. The molecule has 1 heterocycles. The summed E-state index contributed by atoms with van der Waals surface area (Å²) >= 11 is 0. The number of esters is 1. The van der Waals surface area contributed by atoms with Crippen molar-refractivity contribution in [2.75, 3.05) is 6.61 Å². The van der Waals surface area contributed by atoms with E-state index in [-0.39, 0.29) is 12.1 Å².